The molecule has 158 valence electrons. The second-order valence-electron chi connectivity index (χ2n) is 6.85. The van der Waals surface area contributed by atoms with Crippen LogP contribution in [0.5, 0.6) is 17.2 Å². The molecule has 2 aromatic rings. The number of benzene rings is 2. The minimum Gasteiger partial charge on any atom is -0.497 e. The molecule has 0 saturated heterocycles. The van der Waals surface area contributed by atoms with E-state index in [1.807, 2.05) is 24.3 Å². The molecule has 0 spiro atoms. The highest BCUT2D eigenvalue weighted by Crippen LogP contribution is 2.39. The minimum atomic E-state index is -0.902. The van der Waals surface area contributed by atoms with Gasteiger partial charge >= 0.3 is 5.97 Å². The van der Waals surface area contributed by atoms with Crippen molar-refractivity contribution in [2.75, 3.05) is 33.8 Å². The Morgan fingerprint density at radius 1 is 0.933 bits per heavy atom. The zero-order valence-corrected chi connectivity index (χ0v) is 17.4. The van der Waals surface area contributed by atoms with Crippen LogP contribution in [0, 0.1) is 5.92 Å². The van der Waals surface area contributed by atoms with E-state index in [1.54, 1.807) is 39.5 Å². The van der Waals surface area contributed by atoms with Crippen LogP contribution in [-0.2, 0) is 14.3 Å². The Balaban J connectivity index is 1.95. The molecule has 30 heavy (non-hydrogen) atoms. The van der Waals surface area contributed by atoms with Gasteiger partial charge in [0.15, 0.2) is 5.78 Å². The van der Waals surface area contributed by atoms with Crippen LogP contribution in [0.15, 0.2) is 54.2 Å². The van der Waals surface area contributed by atoms with Crippen molar-refractivity contribution in [2.45, 2.75) is 12.3 Å². The van der Waals surface area contributed by atoms with Gasteiger partial charge in [-0.05, 0) is 36.2 Å². The summed E-state index contributed by atoms with van der Waals surface area (Å²) in [7, 11) is 6.03. The molecule has 2 aromatic carbocycles. The molecule has 2 atom stereocenters. The first kappa shape index (κ1) is 21.2. The third-order valence-electron chi connectivity index (χ3n) is 5.17. The predicted molar refractivity (Wildman–Crippen MR) is 112 cm³/mol. The molecule has 7 heteroatoms. The molecule has 0 radical (unpaired) electrons. The molecule has 0 amide bonds. The van der Waals surface area contributed by atoms with E-state index in [2.05, 4.69) is 5.32 Å². The van der Waals surface area contributed by atoms with Gasteiger partial charge in [0.05, 0.1) is 34.1 Å². The van der Waals surface area contributed by atoms with Crippen molar-refractivity contribution >= 4 is 17.4 Å². The van der Waals surface area contributed by atoms with E-state index < -0.39 is 11.9 Å². The Morgan fingerprint density at radius 2 is 1.60 bits per heavy atom. The third-order valence-corrected chi connectivity index (χ3v) is 5.17. The zero-order chi connectivity index (χ0) is 21.7. The van der Waals surface area contributed by atoms with Crippen LogP contribution in [0.4, 0.5) is 5.69 Å². The molecule has 0 heterocycles. The number of anilines is 1. The Bertz CT molecular complexity index is 951. The van der Waals surface area contributed by atoms with Crippen molar-refractivity contribution in [1.82, 2.24) is 0 Å². The molecule has 1 N–H and O–H groups in total. The fourth-order valence-electron chi connectivity index (χ4n) is 3.61. The third kappa shape index (κ3) is 4.40. The fraction of sp³-hybridized carbons (Fsp3) is 0.304. The molecule has 0 unspecified atom stereocenters. The number of carbonyl (C=O) groups is 2. The zero-order valence-electron chi connectivity index (χ0n) is 17.4. The average Bonchev–Trinajstić information content (AvgIpc) is 2.78. The lowest BCUT2D eigenvalue weighted by Crippen LogP contribution is -2.34. The van der Waals surface area contributed by atoms with E-state index in [0.717, 1.165) is 5.56 Å². The van der Waals surface area contributed by atoms with Crippen molar-refractivity contribution in [3.63, 3.8) is 0 Å². The molecule has 3 rings (SSSR count). The second kappa shape index (κ2) is 9.35. The van der Waals surface area contributed by atoms with Crippen LogP contribution in [0.1, 0.15) is 17.9 Å². The van der Waals surface area contributed by atoms with Gasteiger partial charge in [-0.1, -0.05) is 12.1 Å². The van der Waals surface area contributed by atoms with Crippen molar-refractivity contribution < 1.29 is 28.5 Å². The SMILES string of the molecule is COC(=O)[C@@H]1C(=O)C=C(Nc2cc(OC)ccc2OC)C[C@H]1c1ccc(OC)cc1. The number of ether oxygens (including phenoxy) is 4. The van der Waals surface area contributed by atoms with Gasteiger partial charge < -0.3 is 24.3 Å². The normalized spacial score (nSPS) is 18.3. The summed E-state index contributed by atoms with van der Waals surface area (Å²) in [4.78, 5) is 25.3. The molecule has 0 fully saturated rings. The lowest BCUT2D eigenvalue weighted by Gasteiger charge is -2.29. The number of carbonyl (C=O) groups excluding carboxylic acids is 2. The molecule has 0 saturated carbocycles. The standard InChI is InChI=1S/C23H25NO6/c1-27-16-7-5-14(6-8-16)18-11-15(12-20(25)22(18)23(26)30-4)24-19-13-17(28-2)9-10-21(19)29-3/h5-10,12-13,18,22,24H,11H2,1-4H3/t18-,22-/m0/s1. The van der Waals surface area contributed by atoms with E-state index in [0.29, 0.717) is 35.1 Å². The monoisotopic (exact) mass is 411 g/mol. The summed E-state index contributed by atoms with van der Waals surface area (Å²) in [6.45, 7) is 0. The van der Waals surface area contributed by atoms with E-state index in [-0.39, 0.29) is 11.7 Å². The number of ketones is 1. The molecular weight excluding hydrogens is 386 g/mol. The molecular formula is C23H25NO6. The Kier molecular flexibility index (Phi) is 6.61. The predicted octanol–water partition coefficient (Wildman–Crippen LogP) is 3.55. The number of allylic oxidation sites excluding steroid dienone is 2. The lowest BCUT2D eigenvalue weighted by molar-refractivity contribution is -0.149. The highest BCUT2D eigenvalue weighted by atomic mass is 16.5. The van der Waals surface area contributed by atoms with Crippen molar-refractivity contribution in [1.29, 1.82) is 0 Å². The molecule has 1 aliphatic rings. The summed E-state index contributed by atoms with van der Waals surface area (Å²) in [5.41, 5.74) is 2.19. The minimum absolute atomic E-state index is 0.307. The molecule has 0 bridgehead atoms. The van der Waals surface area contributed by atoms with Gasteiger partial charge in [-0.2, -0.15) is 0 Å². The Labute approximate surface area is 175 Å². The molecule has 0 aromatic heterocycles. The summed E-state index contributed by atoms with van der Waals surface area (Å²) in [5.74, 6) is -0.166. The topological polar surface area (TPSA) is 83.1 Å². The summed E-state index contributed by atoms with van der Waals surface area (Å²) in [5, 5.41) is 3.26. The van der Waals surface area contributed by atoms with E-state index in [1.165, 1.54) is 13.2 Å². The summed E-state index contributed by atoms with van der Waals surface area (Å²) >= 11 is 0. The number of methoxy groups -OCH3 is 4. The maximum atomic E-state index is 12.9. The van der Waals surface area contributed by atoms with Crippen molar-refractivity contribution in [3.8, 4) is 17.2 Å². The van der Waals surface area contributed by atoms with Crippen LogP contribution < -0.4 is 19.5 Å². The number of rotatable bonds is 7. The van der Waals surface area contributed by atoms with Crippen LogP contribution in [-0.4, -0.2) is 40.2 Å². The first-order valence-electron chi connectivity index (χ1n) is 9.46. The maximum Gasteiger partial charge on any atom is 0.317 e. The quantitative estimate of drug-likeness (QED) is 0.551. The molecule has 1 aliphatic carbocycles. The van der Waals surface area contributed by atoms with Gasteiger partial charge in [0, 0.05) is 23.8 Å². The van der Waals surface area contributed by atoms with Crippen LogP contribution in [0.25, 0.3) is 0 Å². The first-order valence-corrected chi connectivity index (χ1v) is 9.46. The van der Waals surface area contributed by atoms with Crippen molar-refractivity contribution in [2.24, 2.45) is 5.92 Å². The largest absolute Gasteiger partial charge is 0.497 e. The number of nitrogens with one attached hydrogen (secondary N) is 1. The number of hydrogen-bond acceptors (Lipinski definition) is 7. The maximum absolute atomic E-state index is 12.9. The molecule has 7 nitrogen and oxygen atoms in total. The fourth-order valence-corrected chi connectivity index (χ4v) is 3.61. The lowest BCUT2D eigenvalue weighted by atomic mass is 9.76. The Morgan fingerprint density at radius 3 is 2.20 bits per heavy atom. The number of hydrogen-bond donors (Lipinski definition) is 1. The molecule has 0 aliphatic heterocycles. The smallest absolute Gasteiger partial charge is 0.317 e. The van der Waals surface area contributed by atoms with Crippen molar-refractivity contribution in [3.05, 3.63) is 59.8 Å². The van der Waals surface area contributed by atoms with E-state index in [4.69, 9.17) is 18.9 Å². The van der Waals surface area contributed by atoms with E-state index in [9.17, 15) is 9.59 Å². The van der Waals surface area contributed by atoms with Gasteiger partial charge in [-0.3, -0.25) is 9.59 Å². The van der Waals surface area contributed by atoms with Gasteiger partial charge in [0.1, 0.15) is 23.2 Å². The van der Waals surface area contributed by atoms with Crippen LogP contribution in [0.2, 0.25) is 0 Å². The second-order valence-corrected chi connectivity index (χ2v) is 6.85. The average molecular weight is 411 g/mol. The van der Waals surface area contributed by atoms with Crippen LogP contribution >= 0.6 is 0 Å². The summed E-state index contributed by atoms with van der Waals surface area (Å²) in [6, 6.07) is 12.7. The van der Waals surface area contributed by atoms with E-state index >= 15 is 0 Å². The summed E-state index contributed by atoms with van der Waals surface area (Å²) < 4.78 is 20.8. The first-order chi connectivity index (χ1) is 14.5. The highest BCUT2D eigenvalue weighted by molar-refractivity contribution is 6.07. The highest BCUT2D eigenvalue weighted by Gasteiger charge is 2.39. The summed E-state index contributed by atoms with van der Waals surface area (Å²) in [6.07, 6.45) is 1.90. The van der Waals surface area contributed by atoms with Gasteiger partial charge in [0.25, 0.3) is 0 Å². The van der Waals surface area contributed by atoms with Gasteiger partial charge in [0.2, 0.25) is 0 Å². The number of esters is 1. The van der Waals surface area contributed by atoms with Crippen LogP contribution in [0.3, 0.4) is 0 Å². The Hall–Kier alpha value is -3.48. The van der Waals surface area contributed by atoms with Gasteiger partial charge in [-0.15, -0.1) is 0 Å². The van der Waals surface area contributed by atoms with Gasteiger partial charge in [-0.25, -0.2) is 0 Å².